The Morgan fingerprint density at radius 1 is 1.12 bits per heavy atom. The predicted molar refractivity (Wildman–Crippen MR) is 97.3 cm³/mol. The summed E-state index contributed by atoms with van der Waals surface area (Å²) in [5.41, 5.74) is 2.37. The van der Waals surface area contributed by atoms with Gasteiger partial charge in [0, 0.05) is 40.0 Å². The van der Waals surface area contributed by atoms with Crippen LogP contribution < -0.4 is 5.32 Å². The van der Waals surface area contributed by atoms with Gasteiger partial charge in [0.1, 0.15) is 0 Å². The number of hydrogen-bond acceptors (Lipinski definition) is 3. The van der Waals surface area contributed by atoms with Crippen molar-refractivity contribution in [3.63, 3.8) is 0 Å². The van der Waals surface area contributed by atoms with Gasteiger partial charge in [-0.2, -0.15) is 0 Å². The number of fused-ring (bicyclic) bond motifs is 1. The summed E-state index contributed by atoms with van der Waals surface area (Å²) in [7, 11) is -1.02. The zero-order valence-corrected chi connectivity index (χ0v) is 14.1. The molecule has 2 atom stereocenters. The molecule has 0 saturated heterocycles. The molecule has 0 spiro atoms. The number of aromatic nitrogens is 1. The van der Waals surface area contributed by atoms with Crippen molar-refractivity contribution in [3.8, 4) is 0 Å². The second-order valence-corrected chi connectivity index (χ2v) is 7.07. The molecule has 0 radical (unpaired) electrons. The quantitative estimate of drug-likeness (QED) is 0.778. The van der Waals surface area contributed by atoms with Gasteiger partial charge in [-0.05, 0) is 29.8 Å². The predicted octanol–water partition coefficient (Wildman–Crippen LogP) is 3.08. The van der Waals surface area contributed by atoms with Crippen LogP contribution in [-0.4, -0.2) is 27.1 Å². The second-order valence-electron chi connectivity index (χ2n) is 5.59. The standard InChI is InChI=1S/C19H18N2O2S/c1-24(23)13-18(14-6-3-2-4-7-14)21-19(22)16-9-10-17-15(12-16)8-5-11-20-17/h2-12,18H,13H2,1H3,(H,21,22). The SMILES string of the molecule is CS(=O)CC(NC(=O)c1ccc2ncccc2c1)c1ccccc1. The third-order valence-corrected chi connectivity index (χ3v) is 4.58. The van der Waals surface area contributed by atoms with E-state index in [2.05, 4.69) is 10.3 Å². The minimum absolute atomic E-state index is 0.181. The summed E-state index contributed by atoms with van der Waals surface area (Å²) in [6.45, 7) is 0. The fraction of sp³-hybridized carbons (Fsp3) is 0.158. The van der Waals surface area contributed by atoms with Crippen LogP contribution in [0.2, 0.25) is 0 Å². The summed E-state index contributed by atoms with van der Waals surface area (Å²) < 4.78 is 11.7. The van der Waals surface area contributed by atoms with Gasteiger partial charge in [0.2, 0.25) is 0 Å². The summed E-state index contributed by atoms with van der Waals surface area (Å²) in [6, 6.07) is 18.5. The molecule has 0 aliphatic carbocycles. The number of carbonyl (C=O) groups excluding carboxylic acids is 1. The first-order valence-corrected chi connectivity index (χ1v) is 9.37. The van der Waals surface area contributed by atoms with Gasteiger partial charge < -0.3 is 5.32 Å². The highest BCUT2D eigenvalue weighted by atomic mass is 32.2. The Kier molecular flexibility index (Phi) is 5.01. The zero-order chi connectivity index (χ0) is 16.9. The Bertz CT molecular complexity index is 881. The van der Waals surface area contributed by atoms with E-state index in [9.17, 15) is 9.00 Å². The summed E-state index contributed by atoms with van der Waals surface area (Å²) in [5.74, 6) is 0.199. The molecule has 4 nitrogen and oxygen atoms in total. The molecule has 0 fully saturated rings. The molecule has 0 bridgehead atoms. The van der Waals surface area contributed by atoms with Gasteiger partial charge in [0.15, 0.2) is 0 Å². The molecule has 5 heteroatoms. The Hall–Kier alpha value is -2.53. The Morgan fingerprint density at radius 3 is 2.67 bits per heavy atom. The maximum absolute atomic E-state index is 12.6. The van der Waals surface area contributed by atoms with Gasteiger partial charge >= 0.3 is 0 Å². The van der Waals surface area contributed by atoms with Gasteiger partial charge in [0.25, 0.3) is 5.91 Å². The molecular formula is C19H18N2O2S. The van der Waals surface area contributed by atoms with E-state index in [-0.39, 0.29) is 11.9 Å². The molecule has 3 rings (SSSR count). The summed E-state index contributed by atoms with van der Waals surface area (Å²) in [5, 5.41) is 3.91. The van der Waals surface area contributed by atoms with Gasteiger partial charge in [-0.15, -0.1) is 0 Å². The van der Waals surface area contributed by atoms with Crippen LogP contribution in [0.4, 0.5) is 0 Å². The molecule has 1 heterocycles. The number of nitrogens with one attached hydrogen (secondary N) is 1. The average molecular weight is 338 g/mol. The largest absolute Gasteiger partial charge is 0.344 e. The van der Waals surface area contributed by atoms with Crippen molar-refractivity contribution in [2.75, 3.05) is 12.0 Å². The first kappa shape index (κ1) is 16.3. The molecular weight excluding hydrogens is 320 g/mol. The van der Waals surface area contributed by atoms with Crippen molar-refractivity contribution in [2.24, 2.45) is 0 Å². The Morgan fingerprint density at radius 2 is 1.92 bits per heavy atom. The maximum Gasteiger partial charge on any atom is 0.251 e. The molecule has 2 unspecified atom stereocenters. The lowest BCUT2D eigenvalue weighted by molar-refractivity contribution is 0.0940. The Labute approximate surface area is 143 Å². The fourth-order valence-corrected chi connectivity index (χ4v) is 3.34. The molecule has 0 aliphatic rings. The number of hydrogen-bond donors (Lipinski definition) is 1. The zero-order valence-electron chi connectivity index (χ0n) is 13.3. The van der Waals surface area contributed by atoms with Crippen molar-refractivity contribution in [2.45, 2.75) is 6.04 Å². The smallest absolute Gasteiger partial charge is 0.251 e. The number of amides is 1. The average Bonchev–Trinajstić information content (AvgIpc) is 2.61. The third-order valence-electron chi connectivity index (χ3n) is 3.77. The van der Waals surface area contributed by atoms with E-state index >= 15 is 0 Å². The molecule has 2 aromatic carbocycles. The van der Waals surface area contributed by atoms with E-state index in [1.807, 2.05) is 54.6 Å². The third kappa shape index (κ3) is 3.86. The van der Waals surface area contributed by atoms with Gasteiger partial charge in [-0.1, -0.05) is 36.4 Å². The molecule has 3 aromatic rings. The van der Waals surface area contributed by atoms with Crippen LogP contribution in [-0.2, 0) is 10.8 Å². The van der Waals surface area contributed by atoms with Crippen LogP contribution in [0.3, 0.4) is 0 Å². The molecule has 1 amide bonds. The minimum atomic E-state index is -1.02. The van der Waals surface area contributed by atoms with Crippen molar-refractivity contribution in [1.82, 2.24) is 10.3 Å². The van der Waals surface area contributed by atoms with Crippen molar-refractivity contribution in [1.29, 1.82) is 0 Å². The van der Waals surface area contributed by atoms with Crippen LogP contribution in [0.1, 0.15) is 22.0 Å². The van der Waals surface area contributed by atoms with Crippen LogP contribution in [0, 0.1) is 0 Å². The molecule has 122 valence electrons. The van der Waals surface area contributed by atoms with E-state index in [1.165, 1.54) is 0 Å². The van der Waals surface area contributed by atoms with Gasteiger partial charge in [0.05, 0.1) is 11.6 Å². The molecule has 1 N–H and O–H groups in total. The van der Waals surface area contributed by atoms with Crippen LogP contribution in [0.5, 0.6) is 0 Å². The number of nitrogens with zero attached hydrogens (tertiary/aromatic N) is 1. The summed E-state index contributed by atoms with van der Waals surface area (Å²) >= 11 is 0. The first-order valence-electron chi connectivity index (χ1n) is 7.64. The lowest BCUT2D eigenvalue weighted by Crippen LogP contribution is -2.31. The van der Waals surface area contributed by atoms with E-state index in [0.717, 1.165) is 16.5 Å². The molecule has 24 heavy (non-hydrogen) atoms. The van der Waals surface area contributed by atoms with Gasteiger partial charge in [-0.3, -0.25) is 14.0 Å². The van der Waals surface area contributed by atoms with E-state index in [4.69, 9.17) is 0 Å². The van der Waals surface area contributed by atoms with E-state index < -0.39 is 10.8 Å². The minimum Gasteiger partial charge on any atom is -0.344 e. The molecule has 1 aromatic heterocycles. The normalized spacial score (nSPS) is 13.4. The summed E-state index contributed by atoms with van der Waals surface area (Å²) in [4.78, 5) is 16.9. The highest BCUT2D eigenvalue weighted by molar-refractivity contribution is 7.84. The van der Waals surface area contributed by atoms with Crippen LogP contribution >= 0.6 is 0 Å². The maximum atomic E-state index is 12.6. The summed E-state index contributed by atoms with van der Waals surface area (Å²) in [6.07, 6.45) is 3.37. The van der Waals surface area contributed by atoms with Crippen molar-refractivity contribution >= 4 is 27.6 Å². The number of pyridine rings is 1. The number of carbonyl (C=O) groups is 1. The van der Waals surface area contributed by atoms with Crippen LogP contribution in [0.25, 0.3) is 10.9 Å². The number of rotatable bonds is 5. The highest BCUT2D eigenvalue weighted by Gasteiger charge is 2.17. The Balaban J connectivity index is 1.85. The second kappa shape index (κ2) is 7.36. The fourth-order valence-electron chi connectivity index (χ4n) is 2.60. The van der Waals surface area contributed by atoms with Crippen molar-refractivity contribution in [3.05, 3.63) is 78.0 Å². The molecule has 0 aliphatic heterocycles. The lowest BCUT2D eigenvalue weighted by Gasteiger charge is -2.18. The molecule has 0 saturated carbocycles. The van der Waals surface area contributed by atoms with Crippen molar-refractivity contribution < 1.29 is 9.00 Å². The van der Waals surface area contributed by atoms with Gasteiger partial charge in [-0.25, -0.2) is 0 Å². The highest BCUT2D eigenvalue weighted by Crippen LogP contribution is 2.17. The van der Waals surface area contributed by atoms with E-state index in [1.54, 1.807) is 18.5 Å². The number of benzene rings is 2. The first-order chi connectivity index (χ1) is 11.6. The van der Waals surface area contributed by atoms with E-state index in [0.29, 0.717) is 11.3 Å². The topological polar surface area (TPSA) is 59.1 Å². The monoisotopic (exact) mass is 338 g/mol. The van der Waals surface area contributed by atoms with Crippen LogP contribution in [0.15, 0.2) is 66.9 Å². The lowest BCUT2D eigenvalue weighted by atomic mass is 10.1.